The summed E-state index contributed by atoms with van der Waals surface area (Å²) in [6, 6.07) is 1.61. The number of hydrogen-bond acceptors (Lipinski definition) is 49. The molecule has 9 aliphatic heterocycles. The summed E-state index contributed by atoms with van der Waals surface area (Å²) in [5, 5.41) is 13.0. The van der Waals surface area contributed by atoms with Crippen LogP contribution in [0.15, 0.2) is 64.6 Å². The maximum absolute atomic E-state index is 16.0. The maximum atomic E-state index is 16.0. The second-order valence-corrected chi connectivity index (χ2v) is 50.9. The number of hydrogen-bond donors (Lipinski definition) is 15. The first-order valence-corrected chi connectivity index (χ1v) is 56.7. The molecular formula is C59H68F3N31O24P6S9. The molecule has 27 atom stereocenters. The van der Waals surface area contributed by atoms with Crippen molar-refractivity contribution in [1.82, 2.24) is 123 Å². The number of ether oxygens (including phenoxy) is 3. The lowest BCUT2D eigenvalue weighted by molar-refractivity contribution is -0.0488. The van der Waals surface area contributed by atoms with Gasteiger partial charge in [0.05, 0.1) is 82.3 Å². The van der Waals surface area contributed by atoms with Gasteiger partial charge in [0.1, 0.15) is 83.2 Å². The Labute approximate surface area is 775 Å². The van der Waals surface area contributed by atoms with E-state index in [1.54, 1.807) is 19.8 Å². The first-order chi connectivity index (χ1) is 62.7. The topological polar surface area (TPSA) is 750 Å². The fraction of sp³-hybridized carbons (Fsp3) is 0.508. The SMILES string of the molecule is Nc1nc2c(ncn2[C@@H]2S[C@@H]3COP(O)(=S)O[C@H]4[C@H](F)[C@H](n5ccc6c(N)ncnc65)O[C@@H]4COP(O)(=S)O[C@@H]2C3)c(=O)[nH]1.Nc1nc2c(ncn2[C@@H]2S[C@@H]3COP(O)(=S)O[C@H]4[C@H](F)[C@H](n5nnc6c(N)ncnc65)O[C@@H]4COP(O)(=S)O[C@@H]2C3)c(=O)[nH]1.Nc1nc2c(ncn2[C@@H]2S[C@@H]3COP(O)(=S)O[C@H]4[C@H](F)[C@H](n5nnc6c(N)ncnc65)O[C@@H]4COP(O)(=S)O[C@@H]2C3)c(=O)[nH]1. The Morgan fingerprint density at radius 2 is 0.689 bits per heavy atom. The van der Waals surface area contributed by atoms with Gasteiger partial charge in [-0.05, 0) is 96.2 Å². The number of thioether (sulfide) groups is 3. The molecule has 21 rings (SSSR count). The van der Waals surface area contributed by atoms with Crippen molar-refractivity contribution >= 4 is 249 Å². The van der Waals surface area contributed by atoms with Crippen LogP contribution in [0.5, 0.6) is 0 Å². The van der Waals surface area contributed by atoms with Crippen molar-refractivity contribution < 1.29 is 111 Å². The number of nitrogen functional groups attached to an aromatic ring is 6. The Balaban J connectivity index is 0.000000128. The summed E-state index contributed by atoms with van der Waals surface area (Å²) < 4.78 is 143. The molecular weight excluding hydrogens is 2060 g/mol. The van der Waals surface area contributed by atoms with E-state index in [9.17, 15) is 43.7 Å². The molecule has 12 aromatic rings. The van der Waals surface area contributed by atoms with Crippen molar-refractivity contribution in [3.63, 3.8) is 0 Å². The number of nitrogens with two attached hydrogens (primary N) is 6. The molecule has 55 nitrogen and oxygen atoms in total. The lowest BCUT2D eigenvalue weighted by Crippen LogP contribution is -2.34. The number of nitrogens with zero attached hydrogens (tertiary/aromatic N) is 22. The Kier molecular flexibility index (Phi) is 26.1. The van der Waals surface area contributed by atoms with Crippen LogP contribution in [0.25, 0.3) is 66.9 Å². The standard InChI is InChI=1S/C21H24FN9O8P2S3.2C19H22FN11O8P2S3/c22-12-14-11(37-19(12)30-2-1-9-15(23)25-6-26-16(9)30)5-36-40(33,42)38-10-3-8(4-35-41(34,43)39-14)44-20(10)31-7-27-13-17(31)28-21(24)29-18(13)32;2*20-9-12-8(37-17(9)31-14-10(28-29-31)13(21)23-4-24-14)3-36-40(33,42)38-7-1-6(2-35-41(34,43)39-12)44-18(7)30-5-25-11-15(30)26-19(22)27-16(11)32/h1-2,6-8,10-12,14,19-20H,3-5H2,(H,33,42)(H,34,43)(H2,23,25,26)(H3,24,28,29,32);2*4-9,12,17-18H,1-3H2,(H,33,42)(H,34,43)(H2,21,23,24)(H3,22,26,27,32)/t8-,10+,11+,12-,14+,19+,20+,40?,41?;2*6-,7+,8+,9-,12+,17+,18+,40?,41?/m000/s1. The number of aromatic amines is 3. The Hall–Kier alpha value is -6.67. The van der Waals surface area contributed by atoms with Crippen LogP contribution in [0.1, 0.15) is 54.1 Å². The molecule has 9 aliphatic rings. The fourth-order valence-corrected chi connectivity index (χ4v) is 29.4. The second kappa shape index (κ2) is 36.6. The molecule has 0 aromatic carbocycles. The van der Waals surface area contributed by atoms with Crippen LogP contribution in [0, 0.1) is 0 Å². The normalized spacial score (nSPS) is 36.6. The van der Waals surface area contributed by atoms with Gasteiger partial charge in [0.25, 0.3) is 16.7 Å². The minimum absolute atomic E-state index is 0.0229. The minimum Gasteiger partial charge on any atom is -0.383 e. The molecule has 21 N–H and O–H groups in total. The molecule has 0 aliphatic carbocycles. The molecule has 0 radical (unpaired) electrons. The predicted molar refractivity (Wildman–Crippen MR) is 480 cm³/mol. The average Bonchev–Trinajstić information content (AvgIpc) is 1.64. The number of alkyl halides is 3. The van der Waals surface area contributed by atoms with Gasteiger partial charge in [-0.2, -0.15) is 24.3 Å². The van der Waals surface area contributed by atoms with E-state index in [1.807, 2.05) is 0 Å². The molecule has 0 spiro atoms. The van der Waals surface area contributed by atoms with E-state index >= 15 is 13.2 Å². The minimum atomic E-state index is -4.08. The quantitative estimate of drug-likeness (QED) is 0.104. The zero-order valence-corrected chi connectivity index (χ0v) is 78.6. The molecule has 9 saturated heterocycles. The van der Waals surface area contributed by atoms with Crippen LogP contribution in [-0.4, -0.2) is 281 Å². The average molecular weight is 2130 g/mol. The highest BCUT2D eigenvalue weighted by atomic mass is 32.5. The molecule has 6 bridgehead atoms. The van der Waals surface area contributed by atoms with Gasteiger partial charge in [-0.1, -0.05) is 10.4 Å². The summed E-state index contributed by atoms with van der Waals surface area (Å²) in [4.78, 5) is 159. The van der Waals surface area contributed by atoms with Crippen LogP contribution in [0.2, 0.25) is 0 Å². The predicted octanol–water partition coefficient (Wildman–Crippen LogP) is 1.24. The number of imidazole rings is 3. The van der Waals surface area contributed by atoms with Gasteiger partial charge < -0.3 is 123 Å². The van der Waals surface area contributed by atoms with E-state index in [1.165, 1.54) is 71.4 Å². The largest absolute Gasteiger partial charge is 0.383 e. The highest BCUT2D eigenvalue weighted by Crippen LogP contribution is 2.62. The molecule has 9 fully saturated rings. The zero-order chi connectivity index (χ0) is 92.9. The Morgan fingerprint density at radius 1 is 0.379 bits per heavy atom. The number of rotatable bonds is 6. The summed E-state index contributed by atoms with van der Waals surface area (Å²) in [6.07, 6.45) is -10.8. The molecule has 708 valence electrons. The zero-order valence-electron chi connectivity index (χ0n) is 65.9. The number of fused-ring (bicyclic) bond motifs is 15. The second-order valence-electron chi connectivity index (χ2n) is 29.9. The first-order valence-electron chi connectivity index (χ1n) is 38.3. The van der Waals surface area contributed by atoms with Crippen LogP contribution in [-0.2, 0) is 139 Å². The molecule has 132 heavy (non-hydrogen) atoms. The molecule has 0 saturated carbocycles. The van der Waals surface area contributed by atoms with E-state index in [0.29, 0.717) is 11.0 Å². The number of anilines is 6. The van der Waals surface area contributed by atoms with Gasteiger partial charge in [-0.3, -0.25) is 56.6 Å². The van der Waals surface area contributed by atoms with Gasteiger partial charge in [-0.15, -0.1) is 45.5 Å². The van der Waals surface area contributed by atoms with Crippen LogP contribution >= 0.6 is 75.6 Å². The summed E-state index contributed by atoms with van der Waals surface area (Å²) in [5.41, 5.74) is 34.6. The molecule has 73 heteroatoms. The summed E-state index contributed by atoms with van der Waals surface area (Å²) in [6.45, 7) is -26.2. The van der Waals surface area contributed by atoms with Crippen molar-refractivity contribution in [1.29, 1.82) is 0 Å². The number of H-pyrrole nitrogens is 3. The van der Waals surface area contributed by atoms with Crippen molar-refractivity contribution in [2.75, 3.05) is 74.0 Å². The van der Waals surface area contributed by atoms with Gasteiger partial charge >= 0.3 is 40.3 Å². The molecule has 12 aromatic heterocycles. The maximum Gasteiger partial charge on any atom is 0.325 e. The van der Waals surface area contributed by atoms with Gasteiger partial charge in [0.15, 0.2) is 105 Å². The third-order valence-electron chi connectivity index (χ3n) is 21.3. The number of nitrogens with one attached hydrogen (secondary N) is 3. The van der Waals surface area contributed by atoms with Crippen LogP contribution in [0.4, 0.5) is 48.5 Å². The summed E-state index contributed by atoms with van der Waals surface area (Å²) in [5.74, 6) is -0.108. The Bertz CT molecular complexity index is 6390. The molecule has 21 heterocycles. The van der Waals surface area contributed by atoms with Gasteiger partial charge in [0, 0.05) is 21.9 Å². The van der Waals surface area contributed by atoms with Crippen molar-refractivity contribution in [3.8, 4) is 0 Å². The third kappa shape index (κ3) is 19.0. The van der Waals surface area contributed by atoms with E-state index in [2.05, 4.69) is 95.4 Å². The van der Waals surface area contributed by atoms with E-state index in [-0.39, 0.29) is 135 Å². The van der Waals surface area contributed by atoms with Crippen LogP contribution < -0.4 is 51.1 Å². The Morgan fingerprint density at radius 3 is 1.05 bits per heavy atom. The lowest BCUT2D eigenvalue weighted by atomic mass is 10.1. The van der Waals surface area contributed by atoms with Crippen molar-refractivity contribution in [2.45, 2.75) is 143 Å². The summed E-state index contributed by atoms with van der Waals surface area (Å²) >= 11 is 35.6. The van der Waals surface area contributed by atoms with Gasteiger partial charge in [-0.25, -0.2) is 58.0 Å². The van der Waals surface area contributed by atoms with E-state index in [0.717, 1.165) is 22.0 Å². The third-order valence-corrected chi connectivity index (χ3v) is 35.3. The molecule has 6 unspecified atom stereocenters. The molecule has 0 amide bonds. The number of halogens is 3. The van der Waals surface area contributed by atoms with E-state index < -0.39 is 196 Å². The van der Waals surface area contributed by atoms with Crippen molar-refractivity contribution in [2.24, 2.45) is 0 Å². The van der Waals surface area contributed by atoms with Crippen molar-refractivity contribution in [3.05, 3.63) is 81.3 Å². The highest BCUT2D eigenvalue weighted by Gasteiger charge is 2.57. The monoisotopic (exact) mass is 2130 g/mol. The van der Waals surface area contributed by atoms with Gasteiger partial charge in [0.2, 0.25) is 17.8 Å². The highest BCUT2D eigenvalue weighted by molar-refractivity contribution is 8.09. The lowest BCUT2D eigenvalue weighted by Gasteiger charge is -2.27. The number of aromatic nitrogens is 25. The summed E-state index contributed by atoms with van der Waals surface area (Å²) in [7, 11) is 0. The first kappa shape index (κ1) is 94.3. The van der Waals surface area contributed by atoms with E-state index in [4.69, 9.17) is 174 Å². The van der Waals surface area contributed by atoms with Crippen LogP contribution in [0.3, 0.4) is 0 Å². The smallest absolute Gasteiger partial charge is 0.325 e. The fourth-order valence-electron chi connectivity index (χ4n) is 15.7.